The number of halogens is 2. The third-order valence-electron chi connectivity index (χ3n) is 5.84. The average Bonchev–Trinajstić information content (AvgIpc) is 2.84. The molecule has 0 saturated carbocycles. The summed E-state index contributed by atoms with van der Waals surface area (Å²) >= 11 is 0. The molecule has 4 aromatic rings. The van der Waals surface area contributed by atoms with Gasteiger partial charge in [0.2, 0.25) is 5.91 Å². The van der Waals surface area contributed by atoms with E-state index < -0.39 is 23.2 Å². The highest BCUT2D eigenvalue weighted by atomic mass is 19.1. The fourth-order valence-electron chi connectivity index (χ4n) is 4.06. The third kappa shape index (κ3) is 5.04. The first-order chi connectivity index (χ1) is 16.8. The number of nitrogens with one attached hydrogen (secondary N) is 1. The summed E-state index contributed by atoms with van der Waals surface area (Å²) in [5.41, 5.74) is 4.24. The number of aromatic nitrogens is 1. The standard InChI is InChI=1S/C28H25F2N3O2/c1-4-33(16-26(34)32-27-22(29)9-7-10-23(27)30)28(35)21-15-25(19-13-12-17(2)14-18(19)3)31-24-11-6-5-8-20(21)24/h5-15H,4,16H2,1-3H3,(H,32,34). The maximum absolute atomic E-state index is 13.9. The molecule has 1 heterocycles. The lowest BCUT2D eigenvalue weighted by Crippen LogP contribution is -2.38. The van der Waals surface area contributed by atoms with E-state index in [1.165, 1.54) is 11.0 Å². The minimum absolute atomic E-state index is 0.224. The molecule has 0 aliphatic heterocycles. The molecule has 35 heavy (non-hydrogen) atoms. The highest BCUT2D eigenvalue weighted by Crippen LogP contribution is 2.28. The molecule has 0 unspecified atom stereocenters. The molecule has 1 aromatic heterocycles. The summed E-state index contributed by atoms with van der Waals surface area (Å²) < 4.78 is 27.9. The molecule has 3 aromatic carbocycles. The molecule has 0 radical (unpaired) electrons. The zero-order chi connectivity index (χ0) is 25.1. The fourth-order valence-corrected chi connectivity index (χ4v) is 4.06. The van der Waals surface area contributed by atoms with E-state index in [1.54, 1.807) is 13.0 Å². The summed E-state index contributed by atoms with van der Waals surface area (Å²) in [6.45, 7) is 5.60. The van der Waals surface area contributed by atoms with Crippen molar-refractivity contribution in [1.82, 2.24) is 9.88 Å². The maximum Gasteiger partial charge on any atom is 0.255 e. The number of fused-ring (bicyclic) bond motifs is 1. The van der Waals surface area contributed by atoms with Crippen LogP contribution in [0.15, 0.2) is 66.7 Å². The van der Waals surface area contributed by atoms with Crippen LogP contribution in [0.25, 0.3) is 22.2 Å². The zero-order valence-electron chi connectivity index (χ0n) is 19.7. The van der Waals surface area contributed by atoms with Crippen LogP contribution in [-0.4, -0.2) is 34.8 Å². The molecule has 5 nitrogen and oxygen atoms in total. The van der Waals surface area contributed by atoms with Crippen molar-refractivity contribution in [3.63, 3.8) is 0 Å². The number of nitrogens with zero attached hydrogens (tertiary/aromatic N) is 2. The van der Waals surface area contributed by atoms with Crippen LogP contribution >= 0.6 is 0 Å². The Kier molecular flexibility index (Phi) is 6.87. The Morgan fingerprint density at radius 2 is 1.66 bits per heavy atom. The Balaban J connectivity index is 1.69. The second-order valence-electron chi connectivity index (χ2n) is 8.35. The molecule has 1 N–H and O–H groups in total. The van der Waals surface area contributed by atoms with Crippen LogP contribution in [0, 0.1) is 25.5 Å². The number of carbonyl (C=O) groups is 2. The summed E-state index contributed by atoms with van der Waals surface area (Å²) in [6, 6.07) is 18.4. The molecular weight excluding hydrogens is 448 g/mol. The molecule has 0 atom stereocenters. The van der Waals surface area contributed by atoms with Crippen LogP contribution in [-0.2, 0) is 4.79 Å². The van der Waals surface area contributed by atoms with Crippen LogP contribution in [0.3, 0.4) is 0 Å². The van der Waals surface area contributed by atoms with Gasteiger partial charge >= 0.3 is 0 Å². The molecule has 0 spiro atoms. The molecule has 0 aliphatic rings. The molecule has 0 aliphatic carbocycles. The van der Waals surface area contributed by atoms with Crippen molar-refractivity contribution in [3.8, 4) is 11.3 Å². The van der Waals surface area contributed by atoms with Crippen molar-refractivity contribution in [3.05, 3.63) is 95.1 Å². The zero-order valence-corrected chi connectivity index (χ0v) is 19.7. The lowest BCUT2D eigenvalue weighted by atomic mass is 9.99. The first-order valence-corrected chi connectivity index (χ1v) is 11.3. The lowest BCUT2D eigenvalue weighted by Gasteiger charge is -2.22. The fraction of sp³-hybridized carbons (Fsp3) is 0.179. The van der Waals surface area contributed by atoms with Gasteiger partial charge in [0.15, 0.2) is 0 Å². The third-order valence-corrected chi connectivity index (χ3v) is 5.84. The van der Waals surface area contributed by atoms with E-state index in [0.717, 1.165) is 28.8 Å². The molecule has 2 amide bonds. The normalized spacial score (nSPS) is 10.9. The second-order valence-corrected chi connectivity index (χ2v) is 8.35. The van der Waals surface area contributed by atoms with Gasteiger partial charge in [-0.3, -0.25) is 9.59 Å². The average molecular weight is 474 g/mol. The smallest absolute Gasteiger partial charge is 0.255 e. The molecule has 0 fully saturated rings. The number of amides is 2. The largest absolute Gasteiger partial charge is 0.330 e. The number of likely N-dealkylation sites (N-methyl/N-ethyl adjacent to an activating group) is 1. The van der Waals surface area contributed by atoms with E-state index in [2.05, 4.69) is 11.4 Å². The molecule has 4 rings (SSSR count). The number of aryl methyl sites for hydroxylation is 2. The SMILES string of the molecule is CCN(CC(=O)Nc1c(F)cccc1F)C(=O)c1cc(-c2ccc(C)cc2C)nc2ccccc12. The first-order valence-electron chi connectivity index (χ1n) is 11.3. The van der Waals surface area contributed by atoms with Gasteiger partial charge in [0.1, 0.15) is 23.9 Å². The van der Waals surface area contributed by atoms with E-state index in [0.29, 0.717) is 22.2 Å². The van der Waals surface area contributed by atoms with E-state index in [4.69, 9.17) is 4.98 Å². The number of anilines is 1. The van der Waals surface area contributed by atoms with Crippen molar-refractivity contribution >= 4 is 28.4 Å². The van der Waals surface area contributed by atoms with Crippen molar-refractivity contribution in [2.75, 3.05) is 18.4 Å². The summed E-state index contributed by atoms with van der Waals surface area (Å²) in [5, 5.41) is 2.90. The summed E-state index contributed by atoms with van der Waals surface area (Å²) in [5.74, 6) is -2.84. The van der Waals surface area contributed by atoms with Gasteiger partial charge in [0, 0.05) is 17.5 Å². The summed E-state index contributed by atoms with van der Waals surface area (Å²) in [7, 11) is 0. The van der Waals surface area contributed by atoms with Crippen LogP contribution in [0.2, 0.25) is 0 Å². The number of carbonyl (C=O) groups excluding carboxylic acids is 2. The Morgan fingerprint density at radius 3 is 2.34 bits per heavy atom. The van der Waals surface area contributed by atoms with Gasteiger partial charge in [-0.2, -0.15) is 0 Å². The number of para-hydroxylation sites is 2. The van der Waals surface area contributed by atoms with Gasteiger partial charge in [0.25, 0.3) is 5.91 Å². The number of pyridine rings is 1. The van der Waals surface area contributed by atoms with Gasteiger partial charge in [0.05, 0.1) is 16.8 Å². The van der Waals surface area contributed by atoms with Gasteiger partial charge in [-0.25, -0.2) is 13.8 Å². The van der Waals surface area contributed by atoms with Gasteiger partial charge < -0.3 is 10.2 Å². The maximum atomic E-state index is 13.9. The van der Waals surface area contributed by atoms with Crippen molar-refractivity contribution in [2.45, 2.75) is 20.8 Å². The van der Waals surface area contributed by atoms with Crippen molar-refractivity contribution in [1.29, 1.82) is 0 Å². The van der Waals surface area contributed by atoms with Crippen molar-refractivity contribution in [2.24, 2.45) is 0 Å². The summed E-state index contributed by atoms with van der Waals surface area (Å²) in [6.07, 6.45) is 0. The molecule has 0 saturated heterocycles. The van der Waals surface area contributed by atoms with Crippen LogP contribution < -0.4 is 5.32 Å². The van der Waals surface area contributed by atoms with Crippen molar-refractivity contribution < 1.29 is 18.4 Å². The monoisotopic (exact) mass is 473 g/mol. The second kappa shape index (κ2) is 10.0. The molecule has 178 valence electrons. The molecular formula is C28H25F2N3O2. The van der Waals surface area contributed by atoms with Crippen LogP contribution in [0.1, 0.15) is 28.4 Å². The number of hydrogen-bond acceptors (Lipinski definition) is 3. The highest BCUT2D eigenvalue weighted by molar-refractivity contribution is 6.08. The summed E-state index contributed by atoms with van der Waals surface area (Å²) in [4.78, 5) is 32.3. The van der Waals surface area contributed by atoms with E-state index in [-0.39, 0.29) is 19.0 Å². The predicted octanol–water partition coefficient (Wildman–Crippen LogP) is 5.90. The van der Waals surface area contributed by atoms with Gasteiger partial charge in [-0.1, -0.05) is 48.0 Å². The molecule has 7 heteroatoms. The quantitative estimate of drug-likeness (QED) is 0.379. The van der Waals surface area contributed by atoms with E-state index in [9.17, 15) is 18.4 Å². The minimum atomic E-state index is -0.883. The topological polar surface area (TPSA) is 62.3 Å². The number of hydrogen-bond donors (Lipinski definition) is 1. The highest BCUT2D eigenvalue weighted by Gasteiger charge is 2.22. The predicted molar refractivity (Wildman–Crippen MR) is 133 cm³/mol. The number of benzene rings is 3. The molecule has 0 bridgehead atoms. The number of rotatable bonds is 6. The Morgan fingerprint density at radius 1 is 0.943 bits per heavy atom. The van der Waals surface area contributed by atoms with E-state index >= 15 is 0 Å². The minimum Gasteiger partial charge on any atom is -0.330 e. The first kappa shape index (κ1) is 24.0. The Hall–Kier alpha value is -4.13. The Bertz CT molecular complexity index is 1420. The van der Waals surface area contributed by atoms with Crippen LogP contribution in [0.4, 0.5) is 14.5 Å². The van der Waals surface area contributed by atoms with Gasteiger partial charge in [-0.05, 0) is 50.6 Å². The van der Waals surface area contributed by atoms with E-state index in [1.807, 2.05) is 50.2 Å². The Labute approximate surface area is 202 Å². The van der Waals surface area contributed by atoms with Gasteiger partial charge in [-0.15, -0.1) is 0 Å². The van der Waals surface area contributed by atoms with Crippen LogP contribution in [0.5, 0.6) is 0 Å². The lowest BCUT2D eigenvalue weighted by molar-refractivity contribution is -0.116.